The summed E-state index contributed by atoms with van der Waals surface area (Å²) in [6.07, 6.45) is 3.42. The van der Waals surface area contributed by atoms with E-state index in [9.17, 15) is 4.79 Å². The minimum absolute atomic E-state index is 0.152. The maximum Gasteiger partial charge on any atom is 0.258 e. The summed E-state index contributed by atoms with van der Waals surface area (Å²) in [4.78, 5) is 29.2. The first-order valence-corrected chi connectivity index (χ1v) is 9.62. The summed E-state index contributed by atoms with van der Waals surface area (Å²) in [6, 6.07) is 5.30. The Morgan fingerprint density at radius 2 is 1.97 bits per heavy atom. The number of nitrogens with one attached hydrogen (secondary N) is 3. The maximum atomic E-state index is 12.1. The summed E-state index contributed by atoms with van der Waals surface area (Å²) < 4.78 is 7.10. The van der Waals surface area contributed by atoms with Gasteiger partial charge in [0.15, 0.2) is 12.4 Å². The number of aromatic nitrogens is 6. The van der Waals surface area contributed by atoms with Gasteiger partial charge in [-0.2, -0.15) is 15.1 Å². The van der Waals surface area contributed by atoms with Crippen molar-refractivity contribution in [3.8, 4) is 11.7 Å². The first kappa shape index (κ1) is 21.0. The molecule has 0 fully saturated rings. The van der Waals surface area contributed by atoms with Crippen LogP contribution in [-0.2, 0) is 4.79 Å². The zero-order valence-electron chi connectivity index (χ0n) is 17.2. The number of nitrogens with zero attached hydrogens (tertiary/aromatic N) is 6. The molecular weight excluding hydrogens is 386 g/mol. The molecule has 0 spiro atoms. The Bertz CT molecular complexity index is 976. The van der Waals surface area contributed by atoms with Crippen LogP contribution in [0.1, 0.15) is 18.4 Å². The Morgan fingerprint density at radius 3 is 2.73 bits per heavy atom. The van der Waals surface area contributed by atoms with Crippen LogP contribution >= 0.6 is 0 Å². The lowest BCUT2D eigenvalue weighted by Gasteiger charge is -2.10. The number of hydrogen-bond acceptors (Lipinski definition) is 9. The predicted octanol–water partition coefficient (Wildman–Crippen LogP) is 1.11. The molecule has 3 heterocycles. The van der Waals surface area contributed by atoms with Gasteiger partial charge in [-0.05, 0) is 26.8 Å². The zero-order chi connectivity index (χ0) is 21.3. The number of carbonyl (C=O) groups excluding carboxylic acids is 1. The molecule has 1 amide bonds. The second kappa shape index (κ2) is 10.1. The molecule has 3 aromatic rings. The van der Waals surface area contributed by atoms with Crippen molar-refractivity contribution >= 4 is 17.7 Å². The molecule has 0 atom stereocenters. The Kier molecular flexibility index (Phi) is 7.09. The van der Waals surface area contributed by atoms with Crippen molar-refractivity contribution in [2.24, 2.45) is 0 Å². The van der Waals surface area contributed by atoms with E-state index in [2.05, 4.69) is 41.0 Å². The van der Waals surface area contributed by atoms with Gasteiger partial charge in [0.25, 0.3) is 5.91 Å². The highest BCUT2D eigenvalue weighted by Crippen LogP contribution is 2.12. The quantitative estimate of drug-likeness (QED) is 0.420. The number of ether oxygens (including phenoxy) is 1. The average Bonchev–Trinajstić information content (AvgIpc) is 3.24. The molecule has 30 heavy (non-hydrogen) atoms. The lowest BCUT2D eigenvalue weighted by atomic mass is 10.4. The molecule has 0 aliphatic carbocycles. The summed E-state index contributed by atoms with van der Waals surface area (Å²) in [5, 5.41) is 13.2. The van der Waals surface area contributed by atoms with Crippen molar-refractivity contribution in [3.05, 3.63) is 42.1 Å². The third-order valence-electron chi connectivity index (χ3n) is 3.83. The van der Waals surface area contributed by atoms with Gasteiger partial charge in [-0.1, -0.05) is 0 Å². The topological polar surface area (TPSA) is 132 Å². The molecule has 158 valence electrons. The summed E-state index contributed by atoms with van der Waals surface area (Å²) in [5.41, 5.74) is 0.857. The van der Waals surface area contributed by atoms with Gasteiger partial charge in [-0.15, -0.1) is 0 Å². The van der Waals surface area contributed by atoms with E-state index in [1.165, 1.54) is 0 Å². The van der Waals surface area contributed by atoms with E-state index in [1.807, 2.05) is 19.9 Å². The Hall–Kier alpha value is -3.76. The van der Waals surface area contributed by atoms with E-state index >= 15 is 0 Å². The molecule has 11 heteroatoms. The molecule has 3 aromatic heterocycles. The third-order valence-corrected chi connectivity index (χ3v) is 3.83. The lowest BCUT2D eigenvalue weighted by molar-refractivity contribution is -0.123. The van der Waals surface area contributed by atoms with Gasteiger partial charge in [0, 0.05) is 49.9 Å². The van der Waals surface area contributed by atoms with Crippen LogP contribution in [0.4, 0.5) is 11.8 Å². The molecular formula is C19H25N9O2. The lowest BCUT2D eigenvalue weighted by Crippen LogP contribution is -2.33. The van der Waals surface area contributed by atoms with Crippen molar-refractivity contribution in [2.45, 2.75) is 20.8 Å². The second-order valence-corrected chi connectivity index (χ2v) is 6.38. The molecule has 0 radical (unpaired) electrons. The largest absolute Gasteiger partial charge is 0.467 e. The average molecular weight is 411 g/mol. The molecule has 11 nitrogen and oxygen atoms in total. The summed E-state index contributed by atoms with van der Waals surface area (Å²) >= 11 is 0. The van der Waals surface area contributed by atoms with Gasteiger partial charge in [0.2, 0.25) is 11.8 Å². The molecule has 0 saturated carbocycles. The number of hydrogen-bond donors (Lipinski definition) is 3. The fraction of sp³-hybridized carbons (Fsp3) is 0.368. The number of amides is 1. The van der Waals surface area contributed by atoms with Crippen LogP contribution in [0, 0.1) is 13.8 Å². The van der Waals surface area contributed by atoms with Crippen LogP contribution in [-0.4, -0.2) is 61.9 Å². The zero-order valence-corrected chi connectivity index (χ0v) is 17.2. The van der Waals surface area contributed by atoms with Gasteiger partial charge in [-0.3, -0.25) is 4.79 Å². The first-order chi connectivity index (χ1) is 14.5. The normalized spacial score (nSPS) is 10.5. The Balaban J connectivity index is 1.44. The van der Waals surface area contributed by atoms with E-state index in [1.54, 1.807) is 36.1 Å². The van der Waals surface area contributed by atoms with Crippen LogP contribution < -0.4 is 20.7 Å². The van der Waals surface area contributed by atoms with Crippen molar-refractivity contribution in [2.75, 3.05) is 36.9 Å². The van der Waals surface area contributed by atoms with Crippen LogP contribution in [0.2, 0.25) is 0 Å². The van der Waals surface area contributed by atoms with E-state index in [0.717, 1.165) is 18.1 Å². The van der Waals surface area contributed by atoms with Crippen LogP contribution in [0.15, 0.2) is 30.6 Å². The SMILES string of the molecule is CCNc1cc(C)nc(NCCNC(=O)COc2cc(-n3cccn3)nc(C)n2)n1. The highest BCUT2D eigenvalue weighted by Gasteiger charge is 2.08. The maximum absolute atomic E-state index is 12.1. The first-order valence-electron chi connectivity index (χ1n) is 9.62. The molecule has 0 unspecified atom stereocenters. The highest BCUT2D eigenvalue weighted by molar-refractivity contribution is 5.77. The predicted molar refractivity (Wildman–Crippen MR) is 112 cm³/mol. The molecule has 0 bridgehead atoms. The highest BCUT2D eigenvalue weighted by atomic mass is 16.5. The van der Waals surface area contributed by atoms with Gasteiger partial charge >= 0.3 is 0 Å². The van der Waals surface area contributed by atoms with E-state index < -0.39 is 0 Å². The Labute approximate surface area is 174 Å². The Morgan fingerprint density at radius 1 is 1.10 bits per heavy atom. The smallest absolute Gasteiger partial charge is 0.258 e. The fourth-order valence-corrected chi connectivity index (χ4v) is 2.61. The van der Waals surface area contributed by atoms with Crippen LogP contribution in [0.25, 0.3) is 5.82 Å². The molecule has 0 saturated heterocycles. The second-order valence-electron chi connectivity index (χ2n) is 6.38. The van der Waals surface area contributed by atoms with Crippen molar-refractivity contribution in [3.63, 3.8) is 0 Å². The monoisotopic (exact) mass is 411 g/mol. The van der Waals surface area contributed by atoms with Crippen molar-refractivity contribution < 1.29 is 9.53 Å². The van der Waals surface area contributed by atoms with Crippen molar-refractivity contribution in [1.82, 2.24) is 35.0 Å². The fourth-order valence-electron chi connectivity index (χ4n) is 2.61. The van der Waals surface area contributed by atoms with Gasteiger partial charge in [-0.25, -0.2) is 14.6 Å². The molecule has 3 N–H and O–H groups in total. The van der Waals surface area contributed by atoms with E-state index in [0.29, 0.717) is 36.6 Å². The van der Waals surface area contributed by atoms with Crippen LogP contribution in [0.3, 0.4) is 0 Å². The minimum Gasteiger partial charge on any atom is -0.467 e. The van der Waals surface area contributed by atoms with Gasteiger partial charge < -0.3 is 20.7 Å². The third kappa shape index (κ3) is 6.12. The van der Waals surface area contributed by atoms with E-state index in [-0.39, 0.29) is 12.5 Å². The van der Waals surface area contributed by atoms with E-state index in [4.69, 9.17) is 4.74 Å². The molecule has 3 rings (SSSR count). The number of carbonyl (C=O) groups is 1. The molecule has 0 aliphatic heterocycles. The van der Waals surface area contributed by atoms with Gasteiger partial charge in [0.05, 0.1) is 0 Å². The summed E-state index contributed by atoms with van der Waals surface area (Å²) in [5.74, 6) is 2.43. The van der Waals surface area contributed by atoms with Gasteiger partial charge in [0.1, 0.15) is 11.6 Å². The molecule has 0 aliphatic rings. The number of rotatable bonds is 10. The number of anilines is 2. The summed E-state index contributed by atoms with van der Waals surface area (Å²) in [7, 11) is 0. The number of aryl methyl sites for hydroxylation is 2. The summed E-state index contributed by atoms with van der Waals surface area (Å²) in [6.45, 7) is 7.17. The minimum atomic E-state index is -0.257. The molecule has 0 aromatic carbocycles. The standard InChI is InChI=1S/C19H25N9O2/c1-4-20-15-10-13(2)24-19(27-15)22-8-7-21-17(29)12-30-18-11-16(25-14(3)26-18)28-9-5-6-23-28/h5-6,9-11H,4,7-8,12H2,1-3H3,(H,21,29)(H2,20,22,24,27). The van der Waals surface area contributed by atoms with Crippen molar-refractivity contribution in [1.29, 1.82) is 0 Å². The van der Waals surface area contributed by atoms with Crippen LogP contribution in [0.5, 0.6) is 5.88 Å².